The van der Waals surface area contributed by atoms with Crippen LogP contribution in [0.25, 0.3) is 0 Å². The van der Waals surface area contributed by atoms with Crippen molar-refractivity contribution in [2.24, 2.45) is 5.92 Å². The summed E-state index contributed by atoms with van der Waals surface area (Å²) in [4.78, 5) is 17.7. The third-order valence-electron chi connectivity index (χ3n) is 2.88. The molecule has 1 aromatic rings. The van der Waals surface area contributed by atoms with Crippen LogP contribution in [-0.4, -0.2) is 28.6 Å². The highest BCUT2D eigenvalue weighted by atomic mass is 32.1. The van der Waals surface area contributed by atoms with Crippen LogP contribution in [0.3, 0.4) is 0 Å². The Morgan fingerprint density at radius 2 is 2.35 bits per heavy atom. The van der Waals surface area contributed by atoms with Crippen LogP contribution in [0.1, 0.15) is 42.8 Å². The fourth-order valence-electron chi connectivity index (χ4n) is 1.71. The van der Waals surface area contributed by atoms with E-state index in [0.717, 1.165) is 18.1 Å². The van der Waals surface area contributed by atoms with Gasteiger partial charge in [0.1, 0.15) is 4.88 Å². The molecule has 1 heterocycles. The molecule has 4 nitrogen and oxygen atoms in total. The van der Waals surface area contributed by atoms with Crippen LogP contribution >= 0.6 is 11.3 Å². The Hall–Kier alpha value is -1.10. The van der Waals surface area contributed by atoms with Crippen molar-refractivity contribution in [1.82, 2.24) is 4.98 Å². The first-order chi connectivity index (χ1) is 8.08. The first kappa shape index (κ1) is 12.4. The van der Waals surface area contributed by atoms with Gasteiger partial charge in [0.15, 0.2) is 5.13 Å². The molecule has 1 fully saturated rings. The number of carbonyl (C=O) groups is 1. The molecule has 1 saturated carbocycles. The van der Waals surface area contributed by atoms with E-state index in [1.807, 2.05) is 0 Å². The van der Waals surface area contributed by atoms with Gasteiger partial charge in [-0.3, -0.25) is 0 Å². The maximum Gasteiger partial charge on any atom is 0.347 e. The Bertz CT molecular complexity index is 399. The molecule has 0 unspecified atom stereocenters. The van der Waals surface area contributed by atoms with Gasteiger partial charge in [-0.15, -0.1) is 0 Å². The summed E-state index contributed by atoms with van der Waals surface area (Å²) in [5.74, 6) is -0.219. The molecule has 0 saturated heterocycles. The summed E-state index contributed by atoms with van der Waals surface area (Å²) in [6.45, 7) is 5.39. The third-order valence-corrected chi connectivity index (χ3v) is 3.91. The molecule has 2 rings (SSSR count). The van der Waals surface area contributed by atoms with Crippen LogP contribution in [-0.2, 0) is 0 Å². The van der Waals surface area contributed by atoms with Gasteiger partial charge in [-0.25, -0.2) is 9.78 Å². The molecule has 0 radical (unpaired) electrons. The van der Waals surface area contributed by atoms with Gasteiger partial charge in [0, 0.05) is 12.6 Å². The molecule has 1 N–H and O–H groups in total. The van der Waals surface area contributed by atoms with Crippen LogP contribution in [0, 0.1) is 5.92 Å². The molecule has 1 aliphatic rings. The zero-order valence-corrected chi connectivity index (χ0v) is 11.0. The highest BCUT2D eigenvalue weighted by molar-refractivity contribution is 7.17. The molecular formula is C12H18N2O2S. The Morgan fingerprint density at radius 1 is 1.65 bits per heavy atom. The van der Waals surface area contributed by atoms with Gasteiger partial charge in [0.05, 0.1) is 6.20 Å². The van der Waals surface area contributed by atoms with Crippen LogP contribution in [0.4, 0.5) is 5.13 Å². The molecule has 0 aromatic carbocycles. The van der Waals surface area contributed by atoms with Gasteiger partial charge in [-0.2, -0.15) is 0 Å². The molecular weight excluding hydrogens is 236 g/mol. The second kappa shape index (κ2) is 5.04. The quantitative estimate of drug-likeness (QED) is 0.848. The zero-order chi connectivity index (χ0) is 12.4. The van der Waals surface area contributed by atoms with Crippen molar-refractivity contribution in [1.29, 1.82) is 0 Å². The summed E-state index contributed by atoms with van der Waals surface area (Å²) in [5.41, 5.74) is 0. The van der Waals surface area contributed by atoms with Crippen molar-refractivity contribution in [3.63, 3.8) is 0 Å². The van der Waals surface area contributed by atoms with Crippen molar-refractivity contribution < 1.29 is 9.90 Å². The lowest BCUT2D eigenvalue weighted by molar-refractivity contribution is 0.0702. The van der Waals surface area contributed by atoms with Crippen LogP contribution < -0.4 is 4.90 Å². The van der Waals surface area contributed by atoms with Crippen LogP contribution in [0.2, 0.25) is 0 Å². The summed E-state index contributed by atoms with van der Waals surface area (Å²) < 4.78 is 0. The van der Waals surface area contributed by atoms with E-state index in [9.17, 15) is 4.79 Å². The van der Waals surface area contributed by atoms with Gasteiger partial charge in [0.25, 0.3) is 0 Å². The highest BCUT2D eigenvalue weighted by Crippen LogP contribution is 2.34. The maximum absolute atomic E-state index is 10.8. The Labute approximate surface area is 105 Å². The number of carboxylic acids is 1. The molecule has 1 aliphatic carbocycles. The number of anilines is 1. The summed E-state index contributed by atoms with van der Waals surface area (Å²) in [5, 5.41) is 9.77. The fraction of sp³-hybridized carbons (Fsp3) is 0.667. The van der Waals surface area contributed by atoms with Crippen molar-refractivity contribution in [2.75, 3.05) is 11.4 Å². The number of hydrogen-bond acceptors (Lipinski definition) is 4. The fourth-order valence-corrected chi connectivity index (χ4v) is 2.57. The van der Waals surface area contributed by atoms with E-state index in [2.05, 4.69) is 23.7 Å². The average molecular weight is 254 g/mol. The van der Waals surface area contributed by atoms with Crippen molar-refractivity contribution in [2.45, 2.75) is 39.2 Å². The van der Waals surface area contributed by atoms with E-state index in [1.54, 1.807) is 0 Å². The Kier molecular flexibility index (Phi) is 3.66. The van der Waals surface area contributed by atoms with E-state index < -0.39 is 5.97 Å². The van der Waals surface area contributed by atoms with E-state index >= 15 is 0 Å². The minimum atomic E-state index is -0.881. The van der Waals surface area contributed by atoms with Gasteiger partial charge >= 0.3 is 5.97 Å². The minimum absolute atomic E-state index is 0.329. The number of hydrogen-bond donors (Lipinski definition) is 1. The Balaban J connectivity index is 2.06. The molecule has 0 atom stereocenters. The number of aromatic nitrogens is 1. The highest BCUT2D eigenvalue weighted by Gasteiger charge is 2.31. The van der Waals surface area contributed by atoms with E-state index in [1.165, 1.54) is 30.4 Å². The minimum Gasteiger partial charge on any atom is -0.477 e. The number of nitrogens with zero attached hydrogens (tertiary/aromatic N) is 2. The lowest BCUT2D eigenvalue weighted by Gasteiger charge is -2.22. The zero-order valence-electron chi connectivity index (χ0n) is 10.2. The second-order valence-electron chi connectivity index (χ2n) is 4.92. The molecule has 94 valence electrons. The lowest BCUT2D eigenvalue weighted by Crippen LogP contribution is -2.27. The summed E-state index contributed by atoms with van der Waals surface area (Å²) in [6.07, 6.45) is 5.01. The largest absolute Gasteiger partial charge is 0.477 e. The number of carboxylic acid groups (broad SMARTS) is 1. The van der Waals surface area contributed by atoms with Crippen molar-refractivity contribution in [3.05, 3.63) is 11.1 Å². The molecule has 0 aliphatic heterocycles. The SMILES string of the molecule is CC(C)CCN(c1ncc(C(=O)O)s1)C1CC1. The second-order valence-corrected chi connectivity index (χ2v) is 5.93. The third kappa shape index (κ3) is 3.19. The van der Waals surface area contributed by atoms with Crippen molar-refractivity contribution in [3.8, 4) is 0 Å². The Morgan fingerprint density at radius 3 is 2.82 bits per heavy atom. The summed E-state index contributed by atoms with van der Waals surface area (Å²) in [7, 11) is 0. The van der Waals surface area contributed by atoms with Gasteiger partial charge in [-0.05, 0) is 25.2 Å². The van der Waals surface area contributed by atoms with Crippen LogP contribution in [0.5, 0.6) is 0 Å². The normalized spacial score (nSPS) is 15.2. The first-order valence-corrected chi connectivity index (χ1v) is 6.85. The van der Waals surface area contributed by atoms with Gasteiger partial charge in [0.2, 0.25) is 0 Å². The predicted octanol–water partition coefficient (Wildman–Crippen LogP) is 2.86. The monoisotopic (exact) mass is 254 g/mol. The lowest BCUT2D eigenvalue weighted by atomic mass is 10.1. The van der Waals surface area contributed by atoms with Crippen LogP contribution in [0.15, 0.2) is 6.20 Å². The standard InChI is InChI=1S/C12H18N2O2S/c1-8(2)5-6-14(9-3-4-9)12-13-7-10(17-12)11(15)16/h7-9H,3-6H2,1-2H3,(H,15,16). The molecule has 0 bridgehead atoms. The van der Waals surface area contributed by atoms with E-state index in [0.29, 0.717) is 16.8 Å². The van der Waals surface area contributed by atoms with Gasteiger partial charge in [-0.1, -0.05) is 25.2 Å². The maximum atomic E-state index is 10.8. The van der Waals surface area contributed by atoms with Crippen molar-refractivity contribution >= 4 is 22.4 Å². The predicted molar refractivity (Wildman–Crippen MR) is 68.9 cm³/mol. The number of rotatable bonds is 6. The van der Waals surface area contributed by atoms with E-state index in [4.69, 9.17) is 5.11 Å². The average Bonchev–Trinajstić information content (AvgIpc) is 2.95. The molecule has 5 heteroatoms. The molecule has 17 heavy (non-hydrogen) atoms. The molecule has 1 aromatic heterocycles. The first-order valence-electron chi connectivity index (χ1n) is 6.03. The molecule has 0 amide bonds. The smallest absolute Gasteiger partial charge is 0.347 e. The topological polar surface area (TPSA) is 53.4 Å². The van der Waals surface area contributed by atoms with Gasteiger partial charge < -0.3 is 10.0 Å². The summed E-state index contributed by atoms with van der Waals surface area (Å²) >= 11 is 1.28. The number of thiazole rings is 1. The molecule has 0 spiro atoms. The number of aromatic carboxylic acids is 1. The van der Waals surface area contributed by atoms with E-state index in [-0.39, 0.29) is 0 Å². The summed E-state index contributed by atoms with van der Waals surface area (Å²) in [6, 6.07) is 0.585.